The highest BCUT2D eigenvalue weighted by Crippen LogP contribution is 2.23. The van der Waals surface area contributed by atoms with Crippen molar-refractivity contribution in [3.8, 4) is 5.75 Å². The smallest absolute Gasteiger partial charge is 0.273 e. The van der Waals surface area contributed by atoms with E-state index in [-0.39, 0.29) is 10.6 Å². The molecule has 0 aliphatic carbocycles. The maximum absolute atomic E-state index is 10.8. The van der Waals surface area contributed by atoms with Crippen molar-refractivity contribution in [2.24, 2.45) is 5.92 Å². The van der Waals surface area contributed by atoms with Gasteiger partial charge in [0.15, 0.2) is 0 Å². The average Bonchev–Trinajstić information content (AvgIpc) is 2.39. The van der Waals surface area contributed by atoms with E-state index in [1.54, 1.807) is 6.07 Å². The fourth-order valence-electron chi connectivity index (χ4n) is 2.43. The Morgan fingerprint density at radius 2 is 2.32 bits per heavy atom. The molecule has 1 N–H and O–H groups in total. The molecule has 5 nitrogen and oxygen atoms in total. The average molecular weight is 264 g/mol. The van der Waals surface area contributed by atoms with Crippen LogP contribution in [0.2, 0.25) is 0 Å². The van der Waals surface area contributed by atoms with Crippen molar-refractivity contribution in [2.75, 3.05) is 19.7 Å². The van der Waals surface area contributed by atoms with Crippen molar-refractivity contribution < 1.29 is 9.66 Å². The van der Waals surface area contributed by atoms with E-state index in [4.69, 9.17) is 4.74 Å². The summed E-state index contributed by atoms with van der Waals surface area (Å²) in [5.41, 5.74) is 0.942. The van der Waals surface area contributed by atoms with E-state index in [1.165, 1.54) is 18.9 Å². The van der Waals surface area contributed by atoms with Gasteiger partial charge in [-0.3, -0.25) is 10.1 Å². The summed E-state index contributed by atoms with van der Waals surface area (Å²) in [4.78, 5) is 10.4. The molecule has 1 unspecified atom stereocenters. The minimum atomic E-state index is -0.384. The third-order valence-electron chi connectivity index (χ3n) is 3.44. The summed E-state index contributed by atoms with van der Waals surface area (Å²) in [5, 5.41) is 14.1. The SMILES string of the molecule is Cc1cc(OCCC2CCCNC2)cc([N+](=O)[O-])c1. The second kappa shape index (κ2) is 6.52. The molecule has 1 saturated heterocycles. The summed E-state index contributed by atoms with van der Waals surface area (Å²) in [6.45, 7) is 4.62. The zero-order valence-electron chi connectivity index (χ0n) is 11.2. The number of non-ortho nitro benzene ring substituents is 1. The normalized spacial score (nSPS) is 19.1. The standard InChI is InChI=1S/C14H20N2O3/c1-11-7-13(16(17)18)9-14(8-11)19-6-4-12-3-2-5-15-10-12/h7-9,12,15H,2-6,10H2,1H3. The highest BCUT2D eigenvalue weighted by molar-refractivity contribution is 5.42. The van der Waals surface area contributed by atoms with Gasteiger partial charge in [-0.2, -0.15) is 0 Å². The molecule has 1 fully saturated rings. The first kappa shape index (κ1) is 13.8. The number of hydrogen-bond acceptors (Lipinski definition) is 4. The third-order valence-corrected chi connectivity index (χ3v) is 3.44. The fourth-order valence-corrected chi connectivity index (χ4v) is 2.43. The third kappa shape index (κ3) is 4.21. The Morgan fingerprint density at radius 1 is 1.47 bits per heavy atom. The number of nitro groups is 1. The zero-order valence-corrected chi connectivity index (χ0v) is 11.2. The Labute approximate surface area is 113 Å². The molecule has 1 atom stereocenters. The first-order valence-corrected chi connectivity index (χ1v) is 6.75. The fraction of sp³-hybridized carbons (Fsp3) is 0.571. The molecular weight excluding hydrogens is 244 g/mol. The van der Waals surface area contributed by atoms with Crippen LogP contribution in [0, 0.1) is 23.0 Å². The summed E-state index contributed by atoms with van der Waals surface area (Å²) in [7, 11) is 0. The molecule has 0 amide bonds. The van der Waals surface area contributed by atoms with Gasteiger partial charge in [-0.25, -0.2) is 0 Å². The van der Waals surface area contributed by atoms with Gasteiger partial charge < -0.3 is 10.1 Å². The van der Waals surface area contributed by atoms with E-state index in [9.17, 15) is 10.1 Å². The van der Waals surface area contributed by atoms with Crippen LogP contribution < -0.4 is 10.1 Å². The van der Waals surface area contributed by atoms with Gasteiger partial charge in [0.05, 0.1) is 17.6 Å². The van der Waals surface area contributed by atoms with Crippen LogP contribution in [-0.4, -0.2) is 24.6 Å². The van der Waals surface area contributed by atoms with Crippen molar-refractivity contribution in [3.63, 3.8) is 0 Å². The van der Waals surface area contributed by atoms with Gasteiger partial charge in [0.1, 0.15) is 5.75 Å². The van der Waals surface area contributed by atoms with E-state index in [0.717, 1.165) is 25.1 Å². The van der Waals surface area contributed by atoms with Crippen molar-refractivity contribution in [1.29, 1.82) is 0 Å². The van der Waals surface area contributed by atoms with Gasteiger partial charge in [-0.1, -0.05) is 0 Å². The predicted octanol–water partition coefficient (Wildman–Crippen LogP) is 2.67. The van der Waals surface area contributed by atoms with Crippen molar-refractivity contribution in [3.05, 3.63) is 33.9 Å². The molecule has 0 radical (unpaired) electrons. The highest BCUT2D eigenvalue weighted by atomic mass is 16.6. The molecule has 104 valence electrons. The summed E-state index contributed by atoms with van der Waals surface area (Å²) < 4.78 is 5.65. The molecule has 1 heterocycles. The van der Waals surface area contributed by atoms with Crippen LogP contribution in [0.15, 0.2) is 18.2 Å². The lowest BCUT2D eigenvalue weighted by Crippen LogP contribution is -2.30. The summed E-state index contributed by atoms with van der Waals surface area (Å²) >= 11 is 0. The molecule has 1 aromatic carbocycles. The number of hydrogen-bond donors (Lipinski definition) is 1. The van der Waals surface area contributed by atoms with Gasteiger partial charge in [0, 0.05) is 6.07 Å². The molecule has 0 aromatic heterocycles. The quantitative estimate of drug-likeness (QED) is 0.656. The number of nitrogens with zero attached hydrogens (tertiary/aromatic N) is 1. The number of aryl methyl sites for hydroxylation is 1. The monoisotopic (exact) mass is 264 g/mol. The number of ether oxygens (including phenoxy) is 1. The maximum Gasteiger partial charge on any atom is 0.273 e. The largest absolute Gasteiger partial charge is 0.493 e. The van der Waals surface area contributed by atoms with Crippen LogP contribution >= 0.6 is 0 Å². The van der Waals surface area contributed by atoms with E-state index < -0.39 is 0 Å². The second-order valence-electron chi connectivity index (χ2n) is 5.11. The van der Waals surface area contributed by atoms with Crippen molar-refractivity contribution in [1.82, 2.24) is 5.32 Å². The van der Waals surface area contributed by atoms with Gasteiger partial charge in [0.25, 0.3) is 5.69 Å². The lowest BCUT2D eigenvalue weighted by atomic mass is 9.97. The molecule has 19 heavy (non-hydrogen) atoms. The van der Waals surface area contributed by atoms with Crippen molar-refractivity contribution in [2.45, 2.75) is 26.2 Å². The van der Waals surface area contributed by atoms with Crippen LogP contribution in [0.25, 0.3) is 0 Å². The molecule has 0 spiro atoms. The number of nitrogens with one attached hydrogen (secondary N) is 1. The Hall–Kier alpha value is -1.62. The molecule has 0 bridgehead atoms. The molecule has 5 heteroatoms. The van der Waals surface area contributed by atoms with E-state index in [2.05, 4.69) is 5.32 Å². The minimum Gasteiger partial charge on any atom is -0.493 e. The van der Waals surface area contributed by atoms with Crippen LogP contribution in [0.3, 0.4) is 0 Å². The van der Waals surface area contributed by atoms with Gasteiger partial charge in [-0.05, 0) is 56.8 Å². The van der Waals surface area contributed by atoms with E-state index in [1.807, 2.05) is 13.0 Å². The minimum absolute atomic E-state index is 0.0920. The van der Waals surface area contributed by atoms with Crippen LogP contribution in [0.4, 0.5) is 5.69 Å². The Kier molecular flexibility index (Phi) is 4.74. The first-order chi connectivity index (χ1) is 9.15. The lowest BCUT2D eigenvalue weighted by molar-refractivity contribution is -0.385. The Morgan fingerprint density at radius 3 is 3.00 bits per heavy atom. The Bertz CT molecular complexity index is 442. The number of rotatable bonds is 5. The Balaban J connectivity index is 1.86. The zero-order chi connectivity index (χ0) is 13.7. The topological polar surface area (TPSA) is 64.4 Å². The maximum atomic E-state index is 10.8. The summed E-state index contributed by atoms with van der Waals surface area (Å²) in [5.74, 6) is 1.25. The predicted molar refractivity (Wildman–Crippen MR) is 73.5 cm³/mol. The molecular formula is C14H20N2O3. The van der Waals surface area contributed by atoms with E-state index >= 15 is 0 Å². The van der Waals surface area contributed by atoms with Gasteiger partial charge >= 0.3 is 0 Å². The van der Waals surface area contributed by atoms with Crippen LogP contribution in [-0.2, 0) is 0 Å². The summed E-state index contributed by atoms with van der Waals surface area (Å²) in [6.07, 6.45) is 3.46. The molecule has 0 saturated carbocycles. The first-order valence-electron chi connectivity index (χ1n) is 6.75. The summed E-state index contributed by atoms with van der Waals surface area (Å²) in [6, 6.07) is 4.89. The molecule has 2 rings (SSSR count). The van der Waals surface area contributed by atoms with Crippen LogP contribution in [0.1, 0.15) is 24.8 Å². The van der Waals surface area contributed by atoms with Crippen LogP contribution in [0.5, 0.6) is 5.75 Å². The molecule has 1 aliphatic heterocycles. The van der Waals surface area contributed by atoms with Gasteiger partial charge in [0.2, 0.25) is 0 Å². The van der Waals surface area contributed by atoms with Gasteiger partial charge in [-0.15, -0.1) is 0 Å². The van der Waals surface area contributed by atoms with Crippen molar-refractivity contribution >= 4 is 5.69 Å². The molecule has 1 aromatic rings. The second-order valence-corrected chi connectivity index (χ2v) is 5.11. The number of nitro benzene ring substituents is 1. The number of piperidine rings is 1. The van der Waals surface area contributed by atoms with E-state index in [0.29, 0.717) is 18.3 Å². The highest BCUT2D eigenvalue weighted by Gasteiger charge is 2.13. The number of benzene rings is 1. The molecule has 1 aliphatic rings. The lowest BCUT2D eigenvalue weighted by Gasteiger charge is -2.22.